The van der Waals surface area contributed by atoms with Crippen LogP contribution < -0.4 is 79.6 Å². The number of benzene rings is 14. The van der Waals surface area contributed by atoms with Gasteiger partial charge < -0.3 is 21.1 Å². The van der Waals surface area contributed by atoms with Crippen molar-refractivity contribution >= 4 is 125 Å². The number of amides is 3. The number of hydrogen-bond acceptors (Lipinski definition) is 3. The average molecular weight is 1650 g/mol. The van der Waals surface area contributed by atoms with E-state index < -0.39 is 61.0 Å². The number of hydrogen-bond donors (Lipinski definition) is 4. The minimum absolute atomic E-state index is 0. The standard InChI is InChI=1S/C28H34FN3O4.4C18H15P.Pd/c1-5-9-19-14-17(2)24(18(3)15-19)31-27(36)30-23-16-21(29)12-13-22(23)25(33)32-28(4,26(34)35)20-10-7-6-8-11-20;4*1-4-10-16(11-5-1)19(17-12-6-2-7-13-17)18-14-8-3-9-15-18;/h5,12-16,20H,1,6-11H2,2-4H3,(H,32,33)(H,34,35)(H2,30,31,36);4*1-15H;. The fraction of sp³-hybridized carbons (Fsp3) is 0.110. The number of aliphatic carboxylic acids is 1. The maximum absolute atomic E-state index is 14.1. The van der Waals surface area contributed by atoms with Gasteiger partial charge in [0.2, 0.25) is 0 Å². The Morgan fingerprint density at radius 2 is 0.637 bits per heavy atom. The van der Waals surface area contributed by atoms with Crippen LogP contribution in [0.2, 0.25) is 0 Å². The molecule has 1 aliphatic carbocycles. The van der Waals surface area contributed by atoms with Crippen LogP contribution in [0.5, 0.6) is 0 Å². The number of rotatable bonds is 20. The van der Waals surface area contributed by atoms with Gasteiger partial charge in [0.05, 0.1) is 11.3 Å². The van der Waals surface area contributed by atoms with E-state index in [9.17, 15) is 23.9 Å². The second-order valence-electron chi connectivity index (χ2n) is 27.0. The first-order chi connectivity index (χ1) is 54.8. The molecule has 14 aromatic rings. The Kier molecular flexibility index (Phi) is 33.4. The number of nitrogens with one attached hydrogen (secondary N) is 3. The molecule has 0 saturated heterocycles. The van der Waals surface area contributed by atoms with Crippen LogP contribution in [0.4, 0.5) is 20.6 Å². The molecule has 0 radical (unpaired) electrons. The molecule has 14 aromatic carbocycles. The molecule has 3 amide bonds. The van der Waals surface area contributed by atoms with Gasteiger partial charge in [-0.05, 0) is 176 Å². The van der Waals surface area contributed by atoms with Gasteiger partial charge in [-0.1, -0.05) is 401 Å². The molecular weight excluding hydrogens is 1560 g/mol. The van der Waals surface area contributed by atoms with Gasteiger partial charge in [0.25, 0.3) is 5.91 Å². The third-order valence-corrected chi connectivity index (χ3v) is 28.9. The fourth-order valence-electron chi connectivity index (χ4n) is 13.6. The van der Waals surface area contributed by atoms with E-state index >= 15 is 0 Å². The summed E-state index contributed by atoms with van der Waals surface area (Å²) in [7, 11) is -1.78. The minimum Gasteiger partial charge on any atom is -0.480 e. The molecule has 13 heteroatoms. The van der Waals surface area contributed by atoms with Crippen LogP contribution >= 0.6 is 31.7 Å². The predicted octanol–water partition coefficient (Wildman–Crippen LogP) is 19.7. The molecule has 1 unspecified atom stereocenters. The Balaban J connectivity index is 0.000000154. The van der Waals surface area contributed by atoms with E-state index in [4.69, 9.17) is 0 Å². The number of carboxylic acids is 1. The molecular formula is C100H94FN3O4P4Pd. The van der Waals surface area contributed by atoms with Crippen LogP contribution in [-0.4, -0.2) is 28.6 Å². The quantitative estimate of drug-likeness (QED) is 0.0346. The van der Waals surface area contributed by atoms with Gasteiger partial charge >= 0.3 is 12.0 Å². The van der Waals surface area contributed by atoms with E-state index in [1.165, 1.54) is 76.6 Å². The van der Waals surface area contributed by atoms with Crippen molar-refractivity contribution in [2.24, 2.45) is 5.92 Å². The number of carbonyl (C=O) groups is 3. The van der Waals surface area contributed by atoms with Crippen molar-refractivity contribution in [1.82, 2.24) is 5.32 Å². The Morgan fingerprint density at radius 1 is 0.389 bits per heavy atom. The van der Waals surface area contributed by atoms with Crippen LogP contribution in [0.25, 0.3) is 0 Å². The first-order valence-electron chi connectivity index (χ1n) is 37.8. The van der Waals surface area contributed by atoms with Crippen LogP contribution in [0.1, 0.15) is 66.1 Å². The first-order valence-corrected chi connectivity index (χ1v) is 43.2. The summed E-state index contributed by atoms with van der Waals surface area (Å²) in [6.07, 6.45) is 6.74. The molecule has 0 heterocycles. The smallest absolute Gasteiger partial charge is 0.329 e. The summed E-state index contributed by atoms with van der Waals surface area (Å²) in [4.78, 5) is 38.2. The predicted molar refractivity (Wildman–Crippen MR) is 480 cm³/mol. The summed E-state index contributed by atoms with van der Waals surface area (Å²) in [6.45, 7) is 8.99. The Bertz CT molecular complexity index is 4300. The van der Waals surface area contributed by atoms with Gasteiger partial charge in [-0.3, -0.25) is 4.79 Å². The molecule has 4 N–H and O–H groups in total. The van der Waals surface area contributed by atoms with E-state index in [2.05, 4.69) is 387 Å². The average Bonchev–Trinajstić information content (AvgIpc) is 0.801. The third-order valence-electron chi connectivity index (χ3n) is 19.1. The summed E-state index contributed by atoms with van der Waals surface area (Å²) in [5, 5.41) is 34.7. The number of halogens is 1. The monoisotopic (exact) mass is 1650 g/mol. The first kappa shape index (κ1) is 84.8. The molecule has 7 nitrogen and oxygen atoms in total. The number of carbonyl (C=O) groups excluding carboxylic acids is 2. The topological polar surface area (TPSA) is 108 Å². The van der Waals surface area contributed by atoms with E-state index in [1.54, 1.807) is 6.08 Å². The molecule has 15 rings (SSSR count). The van der Waals surface area contributed by atoms with Crippen LogP contribution in [0, 0.1) is 25.6 Å². The number of carboxylic acid groups (broad SMARTS) is 1. The minimum atomic E-state index is -1.48. The van der Waals surface area contributed by atoms with Gasteiger partial charge in [0, 0.05) is 26.1 Å². The van der Waals surface area contributed by atoms with E-state index in [1.807, 2.05) is 26.0 Å². The van der Waals surface area contributed by atoms with Crippen molar-refractivity contribution < 1.29 is 44.3 Å². The summed E-state index contributed by atoms with van der Waals surface area (Å²) in [5.74, 6) is -2.68. The van der Waals surface area contributed by atoms with Gasteiger partial charge in [-0.2, -0.15) is 0 Å². The molecule has 570 valence electrons. The van der Waals surface area contributed by atoms with E-state index in [0.29, 0.717) is 24.9 Å². The van der Waals surface area contributed by atoms with Crippen LogP contribution in [0.15, 0.2) is 407 Å². The molecule has 113 heavy (non-hydrogen) atoms. The maximum Gasteiger partial charge on any atom is 0.329 e. The zero-order valence-corrected chi connectivity index (χ0v) is 68.9. The van der Waals surface area contributed by atoms with Crippen LogP contribution in [-0.2, 0) is 31.6 Å². The summed E-state index contributed by atoms with van der Waals surface area (Å²) in [5.41, 5.74) is 1.82. The fourth-order valence-corrected chi connectivity index (χ4v) is 22.9. The van der Waals surface area contributed by atoms with Gasteiger partial charge in [0.1, 0.15) is 11.4 Å². The van der Waals surface area contributed by atoms with E-state index in [-0.39, 0.29) is 37.6 Å². The number of urea groups is 1. The molecule has 1 atom stereocenters. The number of aryl methyl sites for hydroxylation is 2. The van der Waals surface area contributed by atoms with Crippen LogP contribution in [0.3, 0.4) is 0 Å². The third kappa shape index (κ3) is 24.4. The molecule has 1 saturated carbocycles. The maximum atomic E-state index is 14.1. The van der Waals surface area contributed by atoms with Gasteiger partial charge in [-0.25, -0.2) is 14.0 Å². The second-order valence-corrected chi connectivity index (χ2v) is 35.9. The summed E-state index contributed by atoms with van der Waals surface area (Å²) in [6, 6.07) is 136. The molecule has 0 bridgehead atoms. The molecule has 0 aliphatic heterocycles. The zero-order valence-electron chi connectivity index (χ0n) is 63.8. The Morgan fingerprint density at radius 3 is 0.867 bits per heavy atom. The zero-order chi connectivity index (χ0) is 78.1. The molecule has 0 spiro atoms. The second kappa shape index (κ2) is 44.5. The largest absolute Gasteiger partial charge is 0.480 e. The SMILES string of the molecule is C=CCc1cc(C)c(NC(=O)Nc2cc(F)ccc2C(=O)NC(C)(C(=O)O)C2CCCCC2)c(C)c1.[Pd].c1ccc(P(c2ccccc2)c2ccccc2)cc1.c1ccc(P(c2ccccc2)c2ccccc2)cc1.c1ccc(P(c2ccccc2)c2ccccc2)cc1.c1ccc(P(c2ccccc2)c2ccccc2)cc1. The number of anilines is 2. The van der Waals surface area contributed by atoms with E-state index in [0.717, 1.165) is 48.1 Å². The van der Waals surface area contributed by atoms with Crippen molar-refractivity contribution in [3.63, 3.8) is 0 Å². The normalized spacial score (nSPS) is 12.0. The number of allylic oxidation sites excluding steroid dienone is 1. The van der Waals surface area contributed by atoms with Gasteiger partial charge in [0.15, 0.2) is 0 Å². The summed E-state index contributed by atoms with van der Waals surface area (Å²) < 4.78 is 14.1. The van der Waals surface area contributed by atoms with Gasteiger partial charge in [-0.15, -0.1) is 6.58 Å². The molecule has 1 aliphatic rings. The summed E-state index contributed by atoms with van der Waals surface area (Å²) >= 11 is 0. The van der Waals surface area contributed by atoms with Crippen molar-refractivity contribution in [1.29, 1.82) is 0 Å². The molecule has 1 fully saturated rings. The van der Waals surface area contributed by atoms with Crippen molar-refractivity contribution in [2.45, 2.75) is 64.8 Å². The Labute approximate surface area is 685 Å². The Hall–Kier alpha value is -10.7. The molecule has 0 aromatic heterocycles. The van der Waals surface area contributed by atoms with Crippen molar-refractivity contribution in [3.8, 4) is 0 Å². The van der Waals surface area contributed by atoms with Crippen molar-refractivity contribution in [3.05, 3.63) is 435 Å². The van der Waals surface area contributed by atoms with Crippen molar-refractivity contribution in [2.75, 3.05) is 10.6 Å².